The normalized spacial score (nSPS) is 44.9. The van der Waals surface area contributed by atoms with Crippen molar-refractivity contribution < 1.29 is 9.90 Å². The Kier molecular flexibility index (Phi) is 2.45. The molecule has 2 saturated carbocycles. The molecule has 2 aliphatic rings. The largest absolute Gasteiger partial charge is 0.385 e. The molecule has 0 amide bonds. The molecule has 0 spiro atoms. The van der Waals surface area contributed by atoms with Gasteiger partial charge in [-0.2, -0.15) is 0 Å². The zero-order chi connectivity index (χ0) is 11.3. The lowest BCUT2D eigenvalue weighted by Gasteiger charge is -2.53. The highest BCUT2D eigenvalue weighted by Crippen LogP contribution is 2.56. The zero-order valence-corrected chi connectivity index (χ0v) is 10.0. The highest BCUT2D eigenvalue weighted by molar-refractivity contribution is 5.89. The second kappa shape index (κ2) is 3.31. The molecule has 1 N–H and O–H groups in total. The number of fused-ring (bicyclic) bond motifs is 1. The number of aliphatic hydroxyl groups is 1. The first-order chi connectivity index (χ1) is 6.88. The number of hydrogen-bond donors (Lipinski definition) is 1. The minimum absolute atomic E-state index is 0.103. The van der Waals surface area contributed by atoms with E-state index in [0.29, 0.717) is 12.3 Å². The molecule has 0 heterocycles. The average Bonchev–Trinajstić information content (AvgIpc) is 2.12. The molecular weight excluding hydrogens is 188 g/mol. The summed E-state index contributed by atoms with van der Waals surface area (Å²) in [6.45, 7) is 6.63. The van der Waals surface area contributed by atoms with Gasteiger partial charge in [0.1, 0.15) is 6.10 Å². The summed E-state index contributed by atoms with van der Waals surface area (Å²) < 4.78 is 0. The van der Waals surface area contributed by atoms with Crippen molar-refractivity contribution >= 4 is 5.78 Å². The lowest BCUT2D eigenvalue weighted by molar-refractivity contribution is -0.155. The van der Waals surface area contributed by atoms with E-state index in [4.69, 9.17) is 0 Å². The summed E-state index contributed by atoms with van der Waals surface area (Å²) in [4.78, 5) is 12.1. The third-order valence-electron chi connectivity index (χ3n) is 4.82. The minimum atomic E-state index is -0.694. The summed E-state index contributed by atoms with van der Waals surface area (Å²) in [7, 11) is 0. The predicted octanol–water partition coefficient (Wildman–Crippen LogP) is 2.54. The van der Waals surface area contributed by atoms with Gasteiger partial charge in [0.2, 0.25) is 0 Å². The van der Waals surface area contributed by atoms with E-state index < -0.39 is 6.10 Å². The third-order valence-corrected chi connectivity index (χ3v) is 4.82. The van der Waals surface area contributed by atoms with Crippen LogP contribution in [0, 0.1) is 16.7 Å². The van der Waals surface area contributed by atoms with Crippen LogP contribution >= 0.6 is 0 Å². The van der Waals surface area contributed by atoms with E-state index in [1.165, 1.54) is 6.42 Å². The number of Topliss-reactive ketones (excluding diaryl/α,β-unsaturated/α-hetero) is 1. The van der Waals surface area contributed by atoms with Crippen molar-refractivity contribution in [1.29, 1.82) is 0 Å². The quantitative estimate of drug-likeness (QED) is 0.667. The van der Waals surface area contributed by atoms with Crippen molar-refractivity contribution in [3.05, 3.63) is 0 Å². The van der Waals surface area contributed by atoms with Gasteiger partial charge in [0.15, 0.2) is 5.78 Å². The van der Waals surface area contributed by atoms with Gasteiger partial charge in [-0.05, 0) is 37.0 Å². The number of hydrogen-bond acceptors (Lipinski definition) is 2. The molecule has 2 nitrogen and oxygen atoms in total. The number of ketones is 1. The van der Waals surface area contributed by atoms with Gasteiger partial charge >= 0.3 is 0 Å². The van der Waals surface area contributed by atoms with E-state index in [2.05, 4.69) is 20.8 Å². The van der Waals surface area contributed by atoms with Crippen LogP contribution < -0.4 is 0 Å². The summed E-state index contributed by atoms with van der Waals surface area (Å²) in [5.74, 6) is 0.571. The summed E-state index contributed by atoms with van der Waals surface area (Å²) >= 11 is 0. The van der Waals surface area contributed by atoms with Crippen molar-refractivity contribution in [3.8, 4) is 0 Å². The van der Waals surface area contributed by atoms with Crippen molar-refractivity contribution in [2.75, 3.05) is 0 Å². The highest BCUT2D eigenvalue weighted by Gasteiger charge is 2.54. The Labute approximate surface area is 92.1 Å². The predicted molar refractivity (Wildman–Crippen MR) is 59.5 cm³/mol. The van der Waals surface area contributed by atoms with Crippen LogP contribution in [-0.4, -0.2) is 17.0 Å². The number of carbonyl (C=O) groups excluding carboxylic acids is 1. The first kappa shape index (κ1) is 11.1. The van der Waals surface area contributed by atoms with E-state index in [1.807, 2.05) is 0 Å². The van der Waals surface area contributed by atoms with E-state index >= 15 is 0 Å². The van der Waals surface area contributed by atoms with E-state index in [1.54, 1.807) is 0 Å². The van der Waals surface area contributed by atoms with Crippen LogP contribution in [0.25, 0.3) is 0 Å². The van der Waals surface area contributed by atoms with Crippen molar-refractivity contribution in [2.45, 2.75) is 59.0 Å². The molecule has 2 heteroatoms. The third kappa shape index (κ3) is 1.54. The molecule has 0 unspecified atom stereocenters. The molecule has 3 atom stereocenters. The van der Waals surface area contributed by atoms with Crippen LogP contribution in [0.2, 0.25) is 0 Å². The first-order valence-corrected chi connectivity index (χ1v) is 6.10. The van der Waals surface area contributed by atoms with Crippen LogP contribution in [0.1, 0.15) is 52.9 Å². The lowest BCUT2D eigenvalue weighted by atomic mass is 9.51. The molecule has 0 aromatic rings. The molecule has 15 heavy (non-hydrogen) atoms. The fraction of sp³-hybridized carbons (Fsp3) is 0.923. The minimum Gasteiger partial charge on any atom is -0.385 e. The zero-order valence-electron chi connectivity index (χ0n) is 10.0. The van der Waals surface area contributed by atoms with Gasteiger partial charge in [0, 0.05) is 5.41 Å². The van der Waals surface area contributed by atoms with Gasteiger partial charge in [0.05, 0.1) is 0 Å². The SMILES string of the molecule is CC1(C)CCC[C@]2(C)C(=O)[C@H](O)CC[C@@H]12. The molecule has 0 aromatic carbocycles. The Morgan fingerprint density at radius 2 is 1.87 bits per heavy atom. The lowest BCUT2D eigenvalue weighted by Crippen LogP contribution is -2.53. The first-order valence-electron chi connectivity index (χ1n) is 6.10. The van der Waals surface area contributed by atoms with Crippen molar-refractivity contribution in [2.24, 2.45) is 16.7 Å². The molecule has 0 bridgehead atoms. The Balaban J connectivity index is 2.34. The highest BCUT2D eigenvalue weighted by atomic mass is 16.3. The van der Waals surface area contributed by atoms with Gasteiger partial charge in [-0.25, -0.2) is 0 Å². The fourth-order valence-electron chi connectivity index (χ4n) is 3.96. The van der Waals surface area contributed by atoms with Gasteiger partial charge in [-0.3, -0.25) is 4.79 Å². The Morgan fingerprint density at radius 3 is 2.53 bits per heavy atom. The topological polar surface area (TPSA) is 37.3 Å². The van der Waals surface area contributed by atoms with Crippen LogP contribution in [0.3, 0.4) is 0 Å². The van der Waals surface area contributed by atoms with Crippen LogP contribution in [0.5, 0.6) is 0 Å². The second-order valence-corrected chi connectivity index (χ2v) is 6.27. The van der Waals surface area contributed by atoms with Gasteiger partial charge in [0.25, 0.3) is 0 Å². The second-order valence-electron chi connectivity index (χ2n) is 6.27. The smallest absolute Gasteiger partial charge is 0.167 e. The Hall–Kier alpha value is -0.370. The van der Waals surface area contributed by atoms with Crippen molar-refractivity contribution in [3.63, 3.8) is 0 Å². The summed E-state index contributed by atoms with van der Waals surface area (Å²) in [6, 6.07) is 0. The maximum absolute atomic E-state index is 12.1. The molecule has 86 valence electrons. The van der Waals surface area contributed by atoms with E-state index in [9.17, 15) is 9.90 Å². The molecular formula is C13H22O2. The summed E-state index contributed by atoms with van der Waals surface area (Å²) in [5.41, 5.74) is 0.0161. The van der Waals surface area contributed by atoms with Crippen LogP contribution in [0.4, 0.5) is 0 Å². The molecule has 0 aliphatic heterocycles. The number of carbonyl (C=O) groups is 1. The fourth-order valence-corrected chi connectivity index (χ4v) is 3.96. The maximum atomic E-state index is 12.1. The standard InChI is InChI=1S/C13H22O2/c1-12(2)7-4-8-13(3)10(12)6-5-9(14)11(13)15/h9-10,14H,4-8H2,1-3H3/t9-,10+,13+/m1/s1. The molecule has 0 saturated heterocycles. The Morgan fingerprint density at radius 1 is 1.20 bits per heavy atom. The molecule has 0 aromatic heterocycles. The van der Waals surface area contributed by atoms with Gasteiger partial charge in [-0.1, -0.05) is 27.2 Å². The molecule has 0 radical (unpaired) electrons. The monoisotopic (exact) mass is 210 g/mol. The molecule has 2 rings (SSSR count). The summed E-state index contributed by atoms with van der Waals surface area (Å²) in [5, 5.41) is 9.70. The average molecular weight is 210 g/mol. The number of aliphatic hydroxyl groups excluding tert-OH is 1. The van der Waals surface area contributed by atoms with Crippen LogP contribution in [-0.2, 0) is 4.79 Å². The maximum Gasteiger partial charge on any atom is 0.167 e. The summed E-state index contributed by atoms with van der Waals surface area (Å²) in [6.07, 6.45) is 4.30. The van der Waals surface area contributed by atoms with Gasteiger partial charge < -0.3 is 5.11 Å². The molecule has 2 aliphatic carbocycles. The van der Waals surface area contributed by atoms with Gasteiger partial charge in [-0.15, -0.1) is 0 Å². The van der Waals surface area contributed by atoms with E-state index in [0.717, 1.165) is 19.3 Å². The number of rotatable bonds is 0. The Bertz CT molecular complexity index is 282. The van der Waals surface area contributed by atoms with Crippen molar-refractivity contribution in [1.82, 2.24) is 0 Å². The molecule has 2 fully saturated rings. The van der Waals surface area contributed by atoms with Crippen LogP contribution in [0.15, 0.2) is 0 Å². The van der Waals surface area contributed by atoms with E-state index in [-0.39, 0.29) is 16.6 Å².